The van der Waals surface area contributed by atoms with Crippen LogP contribution in [0.4, 0.5) is 4.79 Å². The number of carbonyl (C=O) groups excluding carboxylic acids is 1. The van der Waals surface area contributed by atoms with Crippen LogP contribution in [0.25, 0.3) is 0 Å². The molecule has 2 saturated carbocycles. The number of benzene rings is 1. The number of hydrogen-bond donors (Lipinski definition) is 1. The first-order chi connectivity index (χ1) is 11.6. The molecule has 2 aliphatic carbocycles. The largest absolute Gasteiger partial charge is 0.480 e. The molecule has 1 heterocycles. The molecule has 0 aromatic heterocycles. The van der Waals surface area contributed by atoms with E-state index < -0.39 is 23.8 Å². The Morgan fingerprint density at radius 3 is 2.71 bits per heavy atom. The van der Waals surface area contributed by atoms with E-state index in [2.05, 4.69) is 0 Å². The molecule has 1 aliphatic heterocycles. The summed E-state index contributed by atoms with van der Waals surface area (Å²) in [6, 6.07) is 8.42. The van der Waals surface area contributed by atoms with Crippen molar-refractivity contribution in [2.45, 2.75) is 44.1 Å². The lowest BCUT2D eigenvalue weighted by Gasteiger charge is -2.40. The monoisotopic (exact) mass is 331 g/mol. The van der Waals surface area contributed by atoms with Crippen molar-refractivity contribution in [3.8, 4) is 0 Å². The summed E-state index contributed by atoms with van der Waals surface area (Å²) < 4.78 is 11.4. The molecular weight excluding hydrogens is 310 g/mol. The van der Waals surface area contributed by atoms with E-state index in [1.807, 2.05) is 30.3 Å². The molecule has 3 aliphatic rings. The fourth-order valence-corrected chi connectivity index (χ4v) is 4.61. The second-order valence-corrected chi connectivity index (χ2v) is 7.00. The number of hydrogen-bond acceptors (Lipinski definition) is 4. The van der Waals surface area contributed by atoms with Crippen molar-refractivity contribution in [3.63, 3.8) is 0 Å². The highest BCUT2D eigenvalue weighted by molar-refractivity contribution is 5.81. The summed E-state index contributed by atoms with van der Waals surface area (Å²) >= 11 is 0. The Kier molecular flexibility index (Phi) is 3.72. The van der Waals surface area contributed by atoms with Crippen LogP contribution in [0.5, 0.6) is 0 Å². The molecule has 6 heteroatoms. The molecule has 1 aromatic rings. The summed E-state index contributed by atoms with van der Waals surface area (Å²) in [6.45, 7) is 0.172. The third-order valence-electron chi connectivity index (χ3n) is 5.66. The van der Waals surface area contributed by atoms with Gasteiger partial charge in [0.05, 0.1) is 6.61 Å². The molecule has 3 fully saturated rings. The third kappa shape index (κ3) is 2.36. The van der Waals surface area contributed by atoms with Crippen LogP contribution in [0.3, 0.4) is 0 Å². The number of rotatable bonds is 3. The molecule has 1 N–H and O–H groups in total. The Balaban J connectivity index is 1.54. The van der Waals surface area contributed by atoms with Gasteiger partial charge in [-0.15, -0.1) is 0 Å². The van der Waals surface area contributed by atoms with Gasteiger partial charge in [0.1, 0.15) is 6.61 Å². The van der Waals surface area contributed by atoms with Crippen molar-refractivity contribution in [3.05, 3.63) is 35.9 Å². The van der Waals surface area contributed by atoms with Crippen molar-refractivity contribution < 1.29 is 24.2 Å². The summed E-state index contributed by atoms with van der Waals surface area (Å²) in [7, 11) is 0. The van der Waals surface area contributed by atoms with Gasteiger partial charge in [-0.3, -0.25) is 4.90 Å². The van der Waals surface area contributed by atoms with E-state index in [-0.39, 0.29) is 19.1 Å². The number of ether oxygens (including phenoxy) is 2. The van der Waals surface area contributed by atoms with Gasteiger partial charge in [0.25, 0.3) is 0 Å². The average Bonchev–Trinajstić information content (AvgIpc) is 3.28. The molecule has 1 saturated heterocycles. The summed E-state index contributed by atoms with van der Waals surface area (Å²) in [6.07, 6.45) is 3.27. The number of fused-ring (bicyclic) bond motifs is 3. The molecule has 1 spiro atoms. The molecule has 128 valence electrons. The molecule has 4 unspecified atom stereocenters. The summed E-state index contributed by atoms with van der Waals surface area (Å²) in [5, 5.41) is 9.50. The van der Waals surface area contributed by atoms with Crippen LogP contribution in [-0.4, -0.2) is 40.4 Å². The fourth-order valence-electron chi connectivity index (χ4n) is 4.61. The lowest BCUT2D eigenvalue weighted by molar-refractivity contribution is -0.145. The maximum Gasteiger partial charge on any atom is 0.413 e. The molecule has 24 heavy (non-hydrogen) atoms. The summed E-state index contributed by atoms with van der Waals surface area (Å²) in [4.78, 5) is 25.7. The molecular formula is C18H21NO5. The first kappa shape index (κ1) is 15.4. The molecule has 1 amide bonds. The van der Waals surface area contributed by atoms with E-state index in [4.69, 9.17) is 9.47 Å². The Labute approximate surface area is 140 Å². The van der Waals surface area contributed by atoms with E-state index in [1.165, 1.54) is 4.90 Å². The van der Waals surface area contributed by atoms with Crippen molar-refractivity contribution in [2.75, 3.05) is 6.61 Å². The number of nitrogens with zero attached hydrogens (tertiary/aromatic N) is 1. The third-order valence-corrected chi connectivity index (χ3v) is 5.66. The maximum atomic E-state index is 12.7. The number of carboxylic acid groups (broad SMARTS) is 1. The lowest BCUT2D eigenvalue weighted by atomic mass is 9.90. The fraction of sp³-hybridized carbons (Fsp3) is 0.556. The quantitative estimate of drug-likeness (QED) is 0.921. The summed E-state index contributed by atoms with van der Waals surface area (Å²) in [5.41, 5.74) is 0.0968. The van der Waals surface area contributed by atoms with Gasteiger partial charge >= 0.3 is 12.1 Å². The van der Waals surface area contributed by atoms with E-state index in [9.17, 15) is 14.7 Å². The molecule has 2 bridgehead atoms. The standard InChI is InChI=1S/C18H21NO5/c20-16(21)15-11-24-18(9-13-6-7-14(18)8-13)19(15)17(22)23-10-12-4-2-1-3-5-12/h1-5,13-15H,6-11H2,(H,20,21). The van der Waals surface area contributed by atoms with Gasteiger partial charge < -0.3 is 14.6 Å². The number of aliphatic carboxylic acids is 1. The lowest BCUT2D eigenvalue weighted by Crippen LogP contribution is -2.56. The van der Waals surface area contributed by atoms with Crippen molar-refractivity contribution in [2.24, 2.45) is 11.8 Å². The van der Waals surface area contributed by atoms with E-state index in [0.717, 1.165) is 31.2 Å². The first-order valence-corrected chi connectivity index (χ1v) is 8.47. The highest BCUT2D eigenvalue weighted by Crippen LogP contribution is 2.56. The second-order valence-electron chi connectivity index (χ2n) is 7.00. The Morgan fingerprint density at radius 1 is 1.29 bits per heavy atom. The zero-order valence-electron chi connectivity index (χ0n) is 13.4. The van der Waals surface area contributed by atoms with E-state index in [1.54, 1.807) is 0 Å². The SMILES string of the molecule is O=C(O)C1COC2(CC3CCC2C3)N1C(=O)OCc1ccccc1. The Bertz CT molecular complexity index is 648. The summed E-state index contributed by atoms with van der Waals surface area (Å²) in [5.74, 6) is -0.297. The normalized spacial score (nSPS) is 34.0. The average molecular weight is 331 g/mol. The minimum atomic E-state index is -1.04. The van der Waals surface area contributed by atoms with Crippen LogP contribution < -0.4 is 0 Å². The maximum absolute atomic E-state index is 12.7. The molecule has 1 aromatic carbocycles. The number of carbonyl (C=O) groups is 2. The minimum absolute atomic E-state index is 0.0407. The van der Waals surface area contributed by atoms with Crippen LogP contribution in [0.15, 0.2) is 30.3 Å². The van der Waals surface area contributed by atoms with Crippen LogP contribution in [0.2, 0.25) is 0 Å². The minimum Gasteiger partial charge on any atom is -0.480 e. The van der Waals surface area contributed by atoms with Gasteiger partial charge in [-0.25, -0.2) is 9.59 Å². The van der Waals surface area contributed by atoms with Crippen molar-refractivity contribution >= 4 is 12.1 Å². The zero-order chi connectivity index (χ0) is 16.7. The highest BCUT2D eigenvalue weighted by Gasteiger charge is 2.63. The van der Waals surface area contributed by atoms with Crippen molar-refractivity contribution in [1.82, 2.24) is 4.90 Å². The predicted octanol–water partition coefficient (Wildman–Crippen LogP) is 2.62. The van der Waals surface area contributed by atoms with E-state index >= 15 is 0 Å². The van der Waals surface area contributed by atoms with E-state index in [0.29, 0.717) is 5.92 Å². The van der Waals surface area contributed by atoms with Gasteiger partial charge in [0.2, 0.25) is 0 Å². The van der Waals surface area contributed by atoms with Gasteiger partial charge in [-0.1, -0.05) is 30.3 Å². The van der Waals surface area contributed by atoms with Crippen LogP contribution in [0.1, 0.15) is 31.2 Å². The highest BCUT2D eigenvalue weighted by atomic mass is 16.6. The topological polar surface area (TPSA) is 76.1 Å². The van der Waals surface area contributed by atoms with Crippen LogP contribution in [0, 0.1) is 11.8 Å². The van der Waals surface area contributed by atoms with Gasteiger partial charge in [0, 0.05) is 5.92 Å². The first-order valence-electron chi connectivity index (χ1n) is 8.47. The second kappa shape index (κ2) is 5.77. The van der Waals surface area contributed by atoms with Crippen LogP contribution >= 0.6 is 0 Å². The van der Waals surface area contributed by atoms with Gasteiger partial charge in [-0.2, -0.15) is 0 Å². The molecule has 4 atom stereocenters. The smallest absolute Gasteiger partial charge is 0.413 e. The molecule has 4 rings (SSSR count). The number of carboxylic acids is 1. The molecule has 6 nitrogen and oxygen atoms in total. The Morgan fingerprint density at radius 2 is 2.08 bits per heavy atom. The molecule has 0 radical (unpaired) electrons. The predicted molar refractivity (Wildman–Crippen MR) is 84.0 cm³/mol. The zero-order valence-corrected chi connectivity index (χ0v) is 13.4. The Hall–Kier alpha value is -2.08. The van der Waals surface area contributed by atoms with Gasteiger partial charge in [-0.05, 0) is 37.2 Å². The number of amides is 1. The van der Waals surface area contributed by atoms with Crippen LogP contribution in [-0.2, 0) is 20.9 Å². The van der Waals surface area contributed by atoms with Crippen molar-refractivity contribution in [1.29, 1.82) is 0 Å². The van der Waals surface area contributed by atoms with Gasteiger partial charge in [0.15, 0.2) is 11.8 Å².